The minimum atomic E-state index is -0.174. The van der Waals surface area contributed by atoms with Crippen molar-refractivity contribution in [2.75, 3.05) is 19.7 Å². The first kappa shape index (κ1) is 15.0. The molecule has 0 bridgehead atoms. The third-order valence-electron chi connectivity index (χ3n) is 2.30. The van der Waals surface area contributed by atoms with Gasteiger partial charge >= 0.3 is 6.03 Å². The van der Waals surface area contributed by atoms with Crippen LogP contribution in [-0.2, 0) is 0 Å². The van der Waals surface area contributed by atoms with Crippen molar-refractivity contribution in [3.05, 3.63) is 12.7 Å². The van der Waals surface area contributed by atoms with Crippen LogP contribution >= 0.6 is 0 Å². The van der Waals surface area contributed by atoms with Crippen LogP contribution in [0.3, 0.4) is 0 Å². The summed E-state index contributed by atoms with van der Waals surface area (Å²) in [6, 6.07) is -0.174. The number of amides is 2. The molecular weight excluding hydrogens is 204 g/mol. The Labute approximate surface area is 98.1 Å². The molecule has 0 aromatic rings. The molecule has 1 unspecified atom stereocenters. The van der Waals surface area contributed by atoms with Gasteiger partial charge in [-0.15, -0.1) is 6.58 Å². The molecule has 0 heterocycles. The number of urea groups is 1. The summed E-state index contributed by atoms with van der Waals surface area (Å²) in [5.41, 5.74) is 0. The van der Waals surface area contributed by atoms with E-state index < -0.39 is 0 Å². The summed E-state index contributed by atoms with van der Waals surface area (Å²) in [6.07, 6.45) is 3.39. The fourth-order valence-corrected chi connectivity index (χ4v) is 1.62. The summed E-state index contributed by atoms with van der Waals surface area (Å²) < 4.78 is 0. The van der Waals surface area contributed by atoms with Crippen LogP contribution in [0.25, 0.3) is 0 Å². The summed E-state index contributed by atoms with van der Waals surface area (Å²) >= 11 is 0. The molecule has 0 aliphatic heterocycles. The standard InChI is InChI=1S/C12H24N2O2/c1-4-6-13-12(16)14-9-11(5-7-15)8-10(2)3/h4,10-11,15H,1,5-9H2,2-3H3,(H2,13,14,16). The molecule has 1 atom stereocenters. The Morgan fingerprint density at radius 3 is 2.62 bits per heavy atom. The zero-order chi connectivity index (χ0) is 12.4. The van der Waals surface area contributed by atoms with Crippen LogP contribution in [0.1, 0.15) is 26.7 Å². The minimum Gasteiger partial charge on any atom is -0.396 e. The summed E-state index contributed by atoms with van der Waals surface area (Å²) in [7, 11) is 0. The van der Waals surface area contributed by atoms with Crippen molar-refractivity contribution in [2.45, 2.75) is 26.7 Å². The predicted molar refractivity (Wildman–Crippen MR) is 66.2 cm³/mol. The highest BCUT2D eigenvalue weighted by Gasteiger charge is 2.11. The van der Waals surface area contributed by atoms with E-state index >= 15 is 0 Å². The molecule has 0 saturated heterocycles. The molecule has 0 saturated carbocycles. The van der Waals surface area contributed by atoms with E-state index in [9.17, 15) is 4.79 Å². The van der Waals surface area contributed by atoms with Gasteiger partial charge in [0.15, 0.2) is 0 Å². The van der Waals surface area contributed by atoms with Crippen molar-refractivity contribution < 1.29 is 9.90 Å². The Hall–Kier alpha value is -1.03. The van der Waals surface area contributed by atoms with Gasteiger partial charge < -0.3 is 15.7 Å². The fraction of sp³-hybridized carbons (Fsp3) is 0.750. The molecule has 4 nitrogen and oxygen atoms in total. The van der Waals surface area contributed by atoms with Gasteiger partial charge in [0.1, 0.15) is 0 Å². The number of carbonyl (C=O) groups excluding carboxylic acids is 1. The number of nitrogens with one attached hydrogen (secondary N) is 2. The second-order valence-corrected chi connectivity index (χ2v) is 4.39. The molecule has 0 fully saturated rings. The monoisotopic (exact) mass is 228 g/mol. The van der Waals surface area contributed by atoms with Crippen molar-refractivity contribution >= 4 is 6.03 Å². The number of rotatable bonds is 8. The van der Waals surface area contributed by atoms with E-state index in [1.165, 1.54) is 0 Å². The van der Waals surface area contributed by atoms with Gasteiger partial charge in [-0.05, 0) is 24.7 Å². The molecule has 0 spiro atoms. The zero-order valence-electron chi connectivity index (χ0n) is 10.3. The minimum absolute atomic E-state index is 0.174. The van der Waals surface area contributed by atoms with Crippen LogP contribution < -0.4 is 10.6 Å². The largest absolute Gasteiger partial charge is 0.396 e. The SMILES string of the molecule is C=CCNC(=O)NCC(CCO)CC(C)C. The Morgan fingerprint density at radius 2 is 2.12 bits per heavy atom. The smallest absolute Gasteiger partial charge is 0.315 e. The highest BCUT2D eigenvalue weighted by atomic mass is 16.3. The molecule has 0 radical (unpaired) electrons. The lowest BCUT2D eigenvalue weighted by Crippen LogP contribution is -2.38. The zero-order valence-corrected chi connectivity index (χ0v) is 10.3. The van der Waals surface area contributed by atoms with Crippen molar-refractivity contribution in [3.63, 3.8) is 0 Å². The average molecular weight is 228 g/mol. The Bertz CT molecular complexity index is 205. The number of carbonyl (C=O) groups is 1. The van der Waals surface area contributed by atoms with E-state index in [0.29, 0.717) is 24.9 Å². The van der Waals surface area contributed by atoms with Gasteiger partial charge in [0.05, 0.1) is 0 Å². The van der Waals surface area contributed by atoms with Crippen molar-refractivity contribution in [1.29, 1.82) is 0 Å². The summed E-state index contributed by atoms with van der Waals surface area (Å²) in [5, 5.41) is 14.4. The maximum atomic E-state index is 11.3. The molecule has 0 rings (SSSR count). The van der Waals surface area contributed by atoms with E-state index in [1.807, 2.05) is 0 Å². The maximum Gasteiger partial charge on any atom is 0.315 e. The third-order valence-corrected chi connectivity index (χ3v) is 2.30. The second-order valence-electron chi connectivity index (χ2n) is 4.39. The molecule has 0 aliphatic rings. The van der Waals surface area contributed by atoms with E-state index in [4.69, 9.17) is 5.11 Å². The van der Waals surface area contributed by atoms with Crippen LogP contribution in [0, 0.1) is 11.8 Å². The molecule has 94 valence electrons. The van der Waals surface area contributed by atoms with Gasteiger partial charge in [-0.2, -0.15) is 0 Å². The Balaban J connectivity index is 3.81. The average Bonchev–Trinajstić information content (AvgIpc) is 2.22. The van der Waals surface area contributed by atoms with Gasteiger partial charge in [-0.1, -0.05) is 19.9 Å². The van der Waals surface area contributed by atoms with Crippen LogP contribution in [-0.4, -0.2) is 30.8 Å². The number of aliphatic hydroxyl groups excluding tert-OH is 1. The number of hydrogen-bond donors (Lipinski definition) is 3. The van der Waals surface area contributed by atoms with Gasteiger partial charge in [-0.3, -0.25) is 0 Å². The molecule has 0 aliphatic carbocycles. The quantitative estimate of drug-likeness (QED) is 0.552. The van der Waals surface area contributed by atoms with E-state index in [2.05, 4.69) is 31.1 Å². The molecule has 16 heavy (non-hydrogen) atoms. The van der Waals surface area contributed by atoms with E-state index in [-0.39, 0.29) is 12.6 Å². The first-order valence-electron chi connectivity index (χ1n) is 5.83. The highest BCUT2D eigenvalue weighted by molar-refractivity contribution is 5.73. The maximum absolute atomic E-state index is 11.3. The Kier molecular flexibility index (Phi) is 8.62. The summed E-state index contributed by atoms with van der Waals surface area (Å²) in [5.74, 6) is 0.925. The molecule has 0 aromatic heterocycles. The molecule has 3 N–H and O–H groups in total. The first-order valence-corrected chi connectivity index (χ1v) is 5.83. The van der Waals surface area contributed by atoms with Crippen LogP contribution in [0.15, 0.2) is 12.7 Å². The van der Waals surface area contributed by atoms with E-state index in [0.717, 1.165) is 12.8 Å². The van der Waals surface area contributed by atoms with Crippen molar-refractivity contribution in [2.24, 2.45) is 11.8 Å². The fourth-order valence-electron chi connectivity index (χ4n) is 1.62. The molecular formula is C12H24N2O2. The number of aliphatic hydroxyl groups is 1. The first-order chi connectivity index (χ1) is 7.60. The molecule has 0 aromatic carbocycles. The summed E-state index contributed by atoms with van der Waals surface area (Å²) in [6.45, 7) is 9.06. The molecule has 4 heteroatoms. The Morgan fingerprint density at radius 1 is 1.44 bits per heavy atom. The predicted octanol–water partition coefficient (Wildman–Crippen LogP) is 1.52. The van der Waals surface area contributed by atoms with Crippen LogP contribution in [0.5, 0.6) is 0 Å². The lowest BCUT2D eigenvalue weighted by Gasteiger charge is -2.18. The normalized spacial score (nSPS) is 12.2. The van der Waals surface area contributed by atoms with E-state index in [1.54, 1.807) is 6.08 Å². The van der Waals surface area contributed by atoms with Gasteiger partial charge in [-0.25, -0.2) is 4.79 Å². The second kappa shape index (κ2) is 9.21. The topological polar surface area (TPSA) is 61.4 Å². The van der Waals surface area contributed by atoms with Gasteiger partial charge in [0, 0.05) is 19.7 Å². The number of hydrogen-bond acceptors (Lipinski definition) is 2. The van der Waals surface area contributed by atoms with Gasteiger partial charge in [0.25, 0.3) is 0 Å². The van der Waals surface area contributed by atoms with Gasteiger partial charge in [0.2, 0.25) is 0 Å². The third kappa shape index (κ3) is 8.29. The summed E-state index contributed by atoms with van der Waals surface area (Å²) in [4.78, 5) is 11.3. The lowest BCUT2D eigenvalue weighted by atomic mass is 9.94. The van der Waals surface area contributed by atoms with Crippen LogP contribution in [0.4, 0.5) is 4.79 Å². The lowest BCUT2D eigenvalue weighted by molar-refractivity contribution is 0.225. The highest BCUT2D eigenvalue weighted by Crippen LogP contribution is 2.13. The van der Waals surface area contributed by atoms with Crippen molar-refractivity contribution in [1.82, 2.24) is 10.6 Å². The van der Waals surface area contributed by atoms with Crippen LogP contribution in [0.2, 0.25) is 0 Å². The molecule has 2 amide bonds. The van der Waals surface area contributed by atoms with Crippen molar-refractivity contribution in [3.8, 4) is 0 Å².